The molecule has 10 nitrogen and oxygen atoms in total. The van der Waals surface area contributed by atoms with Gasteiger partial charge in [-0.3, -0.25) is 14.4 Å². The van der Waals surface area contributed by atoms with Crippen LogP contribution in [0.15, 0.2) is 49.1 Å². The van der Waals surface area contributed by atoms with Crippen LogP contribution in [-0.4, -0.2) is 67.9 Å². The van der Waals surface area contributed by atoms with E-state index in [1.165, 1.54) is 26.8 Å². The van der Waals surface area contributed by atoms with Gasteiger partial charge in [0, 0.05) is 23.3 Å². The lowest BCUT2D eigenvalue weighted by Gasteiger charge is -2.20. The minimum atomic E-state index is -0.869. The summed E-state index contributed by atoms with van der Waals surface area (Å²) < 4.78 is 9.78. The largest absolute Gasteiger partial charge is 0.458 e. The molecule has 0 saturated carbocycles. The minimum Gasteiger partial charge on any atom is -0.458 e. The van der Waals surface area contributed by atoms with Gasteiger partial charge >= 0.3 is 5.97 Å². The molecule has 0 aromatic heterocycles. The highest BCUT2D eigenvalue weighted by atomic mass is 16.5. The molecule has 0 aliphatic heterocycles. The Bertz CT molecular complexity index is 658. The first kappa shape index (κ1) is 30.0. The second kappa shape index (κ2) is 17.6. The maximum absolute atomic E-state index is 11.5. The Kier molecular flexibility index (Phi) is 17.0. The Morgan fingerprint density at radius 2 is 1.45 bits per heavy atom. The molecular weight excluding hydrogens is 406 g/mol. The van der Waals surface area contributed by atoms with Crippen molar-refractivity contribution in [1.29, 1.82) is 0 Å². The number of hydrogen-bond donors (Lipinski definition) is 4. The SMILES string of the molecule is C=C(C)C(=O)NC(COC(=O)C(=C)C)NC(=O)C(=C)C.C=CC(=O)NCCOCCO. The van der Waals surface area contributed by atoms with Crippen molar-refractivity contribution >= 4 is 23.7 Å². The van der Waals surface area contributed by atoms with Gasteiger partial charge in [-0.05, 0) is 26.8 Å². The quantitative estimate of drug-likeness (QED) is 0.138. The van der Waals surface area contributed by atoms with Gasteiger partial charge in [-0.1, -0.05) is 26.3 Å². The molecule has 0 atom stereocenters. The topological polar surface area (TPSA) is 143 Å². The third kappa shape index (κ3) is 17.3. The second-order valence-electron chi connectivity index (χ2n) is 6.27. The minimum absolute atomic E-state index is 0.00933. The molecule has 0 aliphatic rings. The maximum Gasteiger partial charge on any atom is 0.333 e. The fourth-order valence-corrected chi connectivity index (χ4v) is 1.45. The van der Waals surface area contributed by atoms with Crippen LogP contribution in [-0.2, 0) is 28.7 Å². The third-order valence-corrected chi connectivity index (χ3v) is 3.08. The zero-order valence-corrected chi connectivity index (χ0v) is 18.4. The van der Waals surface area contributed by atoms with Gasteiger partial charge in [0.15, 0.2) is 0 Å². The summed E-state index contributed by atoms with van der Waals surface area (Å²) in [6, 6.07) is 0. The van der Waals surface area contributed by atoms with Crippen LogP contribution in [0.2, 0.25) is 0 Å². The number of carbonyl (C=O) groups is 4. The van der Waals surface area contributed by atoms with Gasteiger partial charge in [0.05, 0.1) is 19.8 Å². The first-order valence-electron chi connectivity index (χ1n) is 9.30. The fourth-order valence-electron chi connectivity index (χ4n) is 1.45. The van der Waals surface area contributed by atoms with Gasteiger partial charge < -0.3 is 30.5 Å². The maximum atomic E-state index is 11.5. The van der Waals surface area contributed by atoms with Crippen molar-refractivity contribution in [3.63, 3.8) is 0 Å². The van der Waals surface area contributed by atoms with Crippen LogP contribution in [0.4, 0.5) is 0 Å². The van der Waals surface area contributed by atoms with Crippen molar-refractivity contribution < 1.29 is 33.8 Å². The number of amides is 3. The van der Waals surface area contributed by atoms with Crippen molar-refractivity contribution in [2.24, 2.45) is 0 Å². The molecule has 0 aliphatic carbocycles. The predicted octanol–water partition coefficient (Wildman–Crippen LogP) is 0.114. The lowest BCUT2D eigenvalue weighted by molar-refractivity contribution is -0.141. The lowest BCUT2D eigenvalue weighted by atomic mass is 10.3. The smallest absolute Gasteiger partial charge is 0.333 e. The number of nitrogens with one attached hydrogen (secondary N) is 3. The summed E-state index contributed by atoms with van der Waals surface area (Å²) in [5.74, 6) is -1.73. The first-order chi connectivity index (χ1) is 14.5. The highest BCUT2D eigenvalue weighted by molar-refractivity contribution is 5.94. The molecule has 3 amide bonds. The van der Waals surface area contributed by atoms with E-state index in [1.54, 1.807) is 0 Å². The summed E-state index contributed by atoms with van der Waals surface area (Å²) in [6.07, 6.45) is 0.332. The van der Waals surface area contributed by atoms with Gasteiger partial charge in [0.1, 0.15) is 12.8 Å². The third-order valence-electron chi connectivity index (χ3n) is 3.08. The van der Waals surface area contributed by atoms with E-state index in [0.29, 0.717) is 19.8 Å². The van der Waals surface area contributed by atoms with Crippen LogP contribution in [0, 0.1) is 0 Å². The summed E-state index contributed by atoms with van der Waals surface area (Å²) in [5, 5.41) is 15.8. The molecule has 0 bridgehead atoms. The number of aliphatic hydroxyl groups is 1. The van der Waals surface area contributed by atoms with E-state index >= 15 is 0 Å². The molecule has 31 heavy (non-hydrogen) atoms. The van der Waals surface area contributed by atoms with E-state index < -0.39 is 23.9 Å². The van der Waals surface area contributed by atoms with Crippen LogP contribution < -0.4 is 16.0 Å². The number of ether oxygens (including phenoxy) is 2. The van der Waals surface area contributed by atoms with Crippen molar-refractivity contribution in [3.05, 3.63) is 49.1 Å². The average Bonchev–Trinajstić information content (AvgIpc) is 2.71. The van der Waals surface area contributed by atoms with Crippen LogP contribution in [0.25, 0.3) is 0 Å². The monoisotopic (exact) mass is 439 g/mol. The predicted molar refractivity (Wildman–Crippen MR) is 117 cm³/mol. The number of rotatable bonds is 13. The molecule has 4 N–H and O–H groups in total. The normalized spacial score (nSPS) is 9.45. The Labute approximate surface area is 183 Å². The highest BCUT2D eigenvalue weighted by Crippen LogP contribution is 1.96. The van der Waals surface area contributed by atoms with Gasteiger partial charge in [0.25, 0.3) is 0 Å². The van der Waals surface area contributed by atoms with Crippen LogP contribution in [0.1, 0.15) is 20.8 Å². The summed E-state index contributed by atoms with van der Waals surface area (Å²) in [6.45, 7) is 19.2. The fraction of sp³-hybridized carbons (Fsp3) is 0.429. The van der Waals surface area contributed by atoms with E-state index in [0.717, 1.165) is 0 Å². The molecule has 0 saturated heterocycles. The summed E-state index contributed by atoms with van der Waals surface area (Å²) in [4.78, 5) is 44.9. The average molecular weight is 440 g/mol. The summed E-state index contributed by atoms with van der Waals surface area (Å²) >= 11 is 0. The summed E-state index contributed by atoms with van der Waals surface area (Å²) in [7, 11) is 0. The number of esters is 1. The van der Waals surface area contributed by atoms with Gasteiger partial charge in [-0.2, -0.15) is 0 Å². The van der Waals surface area contributed by atoms with Crippen molar-refractivity contribution in [2.75, 3.05) is 33.0 Å². The second-order valence-corrected chi connectivity index (χ2v) is 6.27. The molecule has 174 valence electrons. The van der Waals surface area contributed by atoms with E-state index in [-0.39, 0.29) is 35.8 Å². The lowest BCUT2D eigenvalue weighted by Crippen LogP contribution is -2.51. The molecule has 10 heteroatoms. The first-order valence-corrected chi connectivity index (χ1v) is 9.30. The number of carbonyl (C=O) groups excluding carboxylic acids is 4. The van der Waals surface area contributed by atoms with Gasteiger partial charge in [0.2, 0.25) is 17.7 Å². The molecule has 0 spiro atoms. The van der Waals surface area contributed by atoms with E-state index in [4.69, 9.17) is 14.6 Å². The van der Waals surface area contributed by atoms with Crippen molar-refractivity contribution in [2.45, 2.75) is 26.9 Å². The molecule has 0 unspecified atom stereocenters. The van der Waals surface area contributed by atoms with E-state index in [1.807, 2.05) is 0 Å². The van der Waals surface area contributed by atoms with Crippen molar-refractivity contribution in [1.82, 2.24) is 16.0 Å². The Morgan fingerprint density at radius 3 is 1.84 bits per heavy atom. The molecule has 0 heterocycles. The number of aliphatic hydroxyl groups excluding tert-OH is 1. The van der Waals surface area contributed by atoms with E-state index in [2.05, 4.69) is 42.3 Å². The molecule has 0 aromatic rings. The molecule has 0 rings (SSSR count). The van der Waals surface area contributed by atoms with E-state index in [9.17, 15) is 19.2 Å². The van der Waals surface area contributed by atoms with Gasteiger partial charge in [-0.15, -0.1) is 0 Å². The summed E-state index contributed by atoms with van der Waals surface area (Å²) in [5.41, 5.74) is 0.762. The zero-order valence-electron chi connectivity index (χ0n) is 18.4. The Morgan fingerprint density at radius 1 is 0.935 bits per heavy atom. The van der Waals surface area contributed by atoms with Crippen LogP contribution in [0.5, 0.6) is 0 Å². The molecule has 0 fully saturated rings. The highest BCUT2D eigenvalue weighted by Gasteiger charge is 2.18. The molecule has 0 radical (unpaired) electrons. The van der Waals surface area contributed by atoms with Crippen LogP contribution in [0.3, 0.4) is 0 Å². The Hall–Kier alpha value is -3.24. The zero-order chi connectivity index (χ0) is 24.4. The standard InChI is InChI=1S/C14H20N2O4.C7H13NO3/c1-8(2)12(17)15-11(16-13(18)9(3)4)7-20-14(19)10(5)6;1-2-7(10)8-3-5-11-6-4-9/h11H,1,3,5,7H2,2,4,6H3,(H,15,17)(H,16,18);2,9H,1,3-6H2,(H,8,10). The van der Waals surface area contributed by atoms with Crippen LogP contribution >= 0.6 is 0 Å². The Balaban J connectivity index is 0. The van der Waals surface area contributed by atoms with Gasteiger partial charge in [-0.25, -0.2) is 4.79 Å². The molecular formula is C21H33N3O7. The van der Waals surface area contributed by atoms with Crippen molar-refractivity contribution in [3.8, 4) is 0 Å². The molecule has 0 aromatic carbocycles. The number of hydrogen-bond acceptors (Lipinski definition) is 7.